The Morgan fingerprint density at radius 2 is 1.84 bits per heavy atom. The Morgan fingerprint density at radius 3 is 2.37 bits per heavy atom. The minimum absolute atomic E-state index is 0.0220. The van der Waals surface area contributed by atoms with Crippen molar-refractivity contribution in [1.82, 2.24) is 5.32 Å². The van der Waals surface area contributed by atoms with Gasteiger partial charge in [-0.15, -0.1) is 11.8 Å². The Bertz CT molecular complexity index is 413. The summed E-state index contributed by atoms with van der Waals surface area (Å²) in [6, 6.07) is 3.61. The predicted octanol–water partition coefficient (Wildman–Crippen LogP) is 4.47. The Kier molecular flexibility index (Phi) is 5.81. The Morgan fingerprint density at radius 1 is 1.21 bits per heavy atom. The highest BCUT2D eigenvalue weighted by Crippen LogP contribution is 2.30. The van der Waals surface area contributed by atoms with Gasteiger partial charge in [0, 0.05) is 22.2 Å². The lowest BCUT2D eigenvalue weighted by Crippen LogP contribution is -2.41. The maximum Gasteiger partial charge on any atom is 0.136 e. The summed E-state index contributed by atoms with van der Waals surface area (Å²) < 4.78 is 26.8. The summed E-state index contributed by atoms with van der Waals surface area (Å²) in [6.45, 7) is 11.2. The molecule has 4 heteroatoms. The van der Waals surface area contributed by atoms with Gasteiger partial charge in [-0.2, -0.15) is 0 Å². The molecule has 0 fully saturated rings. The maximum atomic E-state index is 13.7. The number of nitrogens with one attached hydrogen (secondary N) is 1. The first-order valence-electron chi connectivity index (χ1n) is 6.56. The number of rotatable bonds is 5. The van der Waals surface area contributed by atoms with Crippen LogP contribution < -0.4 is 5.32 Å². The molecule has 19 heavy (non-hydrogen) atoms. The standard InChI is InChI=1S/C15H23F2NS/c1-10(2)14(9-18-15(3,4)5)19-13-8-11(16)6-7-12(13)17/h6-8,10,14,18H,9H2,1-5H3. The van der Waals surface area contributed by atoms with E-state index in [1.54, 1.807) is 0 Å². The first kappa shape index (κ1) is 16.4. The van der Waals surface area contributed by atoms with Gasteiger partial charge in [-0.3, -0.25) is 0 Å². The molecule has 0 aliphatic heterocycles. The van der Waals surface area contributed by atoms with Crippen molar-refractivity contribution in [2.24, 2.45) is 5.92 Å². The predicted molar refractivity (Wildman–Crippen MR) is 78.6 cm³/mol. The molecule has 0 aromatic heterocycles. The van der Waals surface area contributed by atoms with E-state index in [-0.39, 0.29) is 16.6 Å². The van der Waals surface area contributed by atoms with E-state index >= 15 is 0 Å². The SMILES string of the molecule is CC(C)C(CNC(C)(C)C)Sc1cc(F)ccc1F. The maximum absolute atomic E-state index is 13.7. The van der Waals surface area contributed by atoms with Crippen molar-refractivity contribution in [3.8, 4) is 0 Å². The van der Waals surface area contributed by atoms with Crippen LogP contribution in [0, 0.1) is 17.6 Å². The zero-order valence-corrected chi connectivity index (χ0v) is 13.1. The van der Waals surface area contributed by atoms with E-state index in [1.807, 2.05) is 0 Å². The molecule has 108 valence electrons. The topological polar surface area (TPSA) is 12.0 Å². The molecule has 0 aliphatic rings. The molecule has 0 radical (unpaired) electrons. The molecule has 1 unspecified atom stereocenters. The van der Waals surface area contributed by atoms with Gasteiger partial charge in [0.05, 0.1) is 0 Å². The van der Waals surface area contributed by atoms with Gasteiger partial charge in [0.2, 0.25) is 0 Å². The summed E-state index contributed by atoms with van der Waals surface area (Å²) in [5.41, 5.74) is 0.0220. The zero-order valence-electron chi connectivity index (χ0n) is 12.3. The van der Waals surface area contributed by atoms with Crippen LogP contribution in [0.3, 0.4) is 0 Å². The van der Waals surface area contributed by atoms with Crippen LogP contribution in [-0.4, -0.2) is 17.3 Å². The van der Waals surface area contributed by atoms with Gasteiger partial charge in [0.1, 0.15) is 11.6 Å². The summed E-state index contributed by atoms with van der Waals surface area (Å²) in [5.74, 6) is -0.370. The van der Waals surface area contributed by atoms with Crippen LogP contribution >= 0.6 is 11.8 Å². The van der Waals surface area contributed by atoms with Gasteiger partial charge >= 0.3 is 0 Å². The number of halogens is 2. The number of thioether (sulfide) groups is 1. The fourth-order valence-corrected chi connectivity index (χ4v) is 2.68. The molecule has 1 nitrogen and oxygen atoms in total. The summed E-state index contributed by atoms with van der Waals surface area (Å²) in [6.07, 6.45) is 0. The molecule has 0 saturated carbocycles. The highest BCUT2D eigenvalue weighted by Gasteiger charge is 2.20. The second-order valence-electron chi connectivity index (χ2n) is 6.11. The van der Waals surface area contributed by atoms with Gasteiger partial charge in [0.25, 0.3) is 0 Å². The van der Waals surface area contributed by atoms with Crippen LogP contribution in [0.4, 0.5) is 8.78 Å². The van der Waals surface area contributed by atoms with Crippen LogP contribution in [0.2, 0.25) is 0 Å². The van der Waals surface area contributed by atoms with Crippen molar-refractivity contribution in [2.45, 2.75) is 50.3 Å². The lowest BCUT2D eigenvalue weighted by Gasteiger charge is -2.27. The van der Waals surface area contributed by atoms with Crippen LogP contribution in [0.15, 0.2) is 23.1 Å². The van der Waals surface area contributed by atoms with E-state index in [1.165, 1.54) is 23.9 Å². The van der Waals surface area contributed by atoms with E-state index in [9.17, 15) is 8.78 Å². The van der Waals surface area contributed by atoms with E-state index < -0.39 is 5.82 Å². The van der Waals surface area contributed by atoms with E-state index in [0.29, 0.717) is 10.8 Å². The summed E-state index contributed by atoms with van der Waals surface area (Å²) in [7, 11) is 0. The monoisotopic (exact) mass is 287 g/mol. The zero-order chi connectivity index (χ0) is 14.6. The smallest absolute Gasteiger partial charge is 0.136 e. The van der Waals surface area contributed by atoms with E-state index in [4.69, 9.17) is 0 Å². The Labute approximate surface area is 119 Å². The highest BCUT2D eigenvalue weighted by atomic mass is 32.2. The molecule has 1 atom stereocenters. The Balaban J connectivity index is 2.75. The van der Waals surface area contributed by atoms with Crippen molar-refractivity contribution in [3.63, 3.8) is 0 Å². The third-order valence-corrected chi connectivity index (χ3v) is 4.33. The molecule has 0 amide bonds. The van der Waals surface area contributed by atoms with Crippen molar-refractivity contribution in [3.05, 3.63) is 29.8 Å². The summed E-state index contributed by atoms with van der Waals surface area (Å²) in [5, 5.41) is 3.62. The minimum atomic E-state index is -0.393. The highest BCUT2D eigenvalue weighted by molar-refractivity contribution is 8.00. The quantitative estimate of drug-likeness (QED) is 0.802. The van der Waals surface area contributed by atoms with Gasteiger partial charge < -0.3 is 5.32 Å². The number of hydrogen-bond acceptors (Lipinski definition) is 2. The minimum Gasteiger partial charge on any atom is -0.311 e. The van der Waals surface area contributed by atoms with Crippen LogP contribution in [0.5, 0.6) is 0 Å². The molecule has 0 aliphatic carbocycles. The summed E-state index contributed by atoms with van der Waals surface area (Å²) >= 11 is 1.40. The normalized spacial score (nSPS) is 13.9. The van der Waals surface area contributed by atoms with Gasteiger partial charge in [-0.25, -0.2) is 8.78 Å². The molecule has 1 aromatic carbocycles. The molecular weight excluding hydrogens is 264 g/mol. The molecule has 1 rings (SSSR count). The molecule has 0 spiro atoms. The van der Waals surface area contributed by atoms with Crippen molar-refractivity contribution < 1.29 is 8.78 Å². The first-order valence-corrected chi connectivity index (χ1v) is 7.44. The van der Waals surface area contributed by atoms with Gasteiger partial charge in [-0.1, -0.05) is 13.8 Å². The third kappa shape index (κ3) is 5.91. The number of benzene rings is 1. The van der Waals surface area contributed by atoms with E-state index in [0.717, 1.165) is 12.6 Å². The average molecular weight is 287 g/mol. The van der Waals surface area contributed by atoms with Crippen molar-refractivity contribution in [1.29, 1.82) is 0 Å². The van der Waals surface area contributed by atoms with Gasteiger partial charge in [-0.05, 0) is 44.9 Å². The summed E-state index contributed by atoms with van der Waals surface area (Å²) in [4.78, 5) is 0.384. The van der Waals surface area contributed by atoms with Crippen LogP contribution in [0.1, 0.15) is 34.6 Å². The molecular formula is C15H23F2NS. The van der Waals surface area contributed by atoms with E-state index in [2.05, 4.69) is 39.9 Å². The lowest BCUT2D eigenvalue weighted by molar-refractivity contribution is 0.407. The Hall–Kier alpha value is -0.610. The van der Waals surface area contributed by atoms with Gasteiger partial charge in [0.15, 0.2) is 0 Å². The van der Waals surface area contributed by atoms with Crippen LogP contribution in [0.25, 0.3) is 0 Å². The lowest BCUT2D eigenvalue weighted by atomic mass is 10.1. The average Bonchev–Trinajstić information content (AvgIpc) is 2.27. The third-order valence-electron chi connectivity index (χ3n) is 2.75. The fourth-order valence-electron chi connectivity index (χ4n) is 1.55. The second kappa shape index (κ2) is 6.71. The molecule has 0 heterocycles. The first-order chi connectivity index (χ1) is 8.69. The van der Waals surface area contributed by atoms with Crippen molar-refractivity contribution >= 4 is 11.8 Å². The largest absolute Gasteiger partial charge is 0.311 e. The molecule has 0 bridgehead atoms. The molecule has 1 N–H and O–H groups in total. The second-order valence-corrected chi connectivity index (χ2v) is 7.39. The van der Waals surface area contributed by atoms with Crippen LogP contribution in [-0.2, 0) is 0 Å². The molecule has 1 aromatic rings. The number of hydrogen-bond donors (Lipinski definition) is 1. The van der Waals surface area contributed by atoms with Crippen molar-refractivity contribution in [2.75, 3.05) is 6.54 Å². The molecule has 0 saturated heterocycles. The fraction of sp³-hybridized carbons (Fsp3) is 0.600.